The lowest BCUT2D eigenvalue weighted by atomic mass is 9.98. The second kappa shape index (κ2) is 12.3. The number of piperidine rings is 1. The molecule has 4 aromatic rings. The lowest BCUT2D eigenvalue weighted by molar-refractivity contribution is 0.183. The zero-order valence-corrected chi connectivity index (χ0v) is 21.5. The molecular formula is C30H30ClF2NO3. The number of rotatable bonds is 8. The Balaban J connectivity index is 0.00000320. The molecule has 1 fully saturated rings. The summed E-state index contributed by atoms with van der Waals surface area (Å²) >= 11 is 0. The maximum absolute atomic E-state index is 14.7. The van der Waals surface area contributed by atoms with Crippen molar-refractivity contribution in [2.24, 2.45) is 0 Å². The highest BCUT2D eigenvalue weighted by atomic mass is 35.5. The van der Waals surface area contributed by atoms with Gasteiger partial charge in [0.1, 0.15) is 41.2 Å². The van der Waals surface area contributed by atoms with Crippen LogP contribution in [0.25, 0.3) is 21.9 Å². The van der Waals surface area contributed by atoms with Crippen LogP contribution in [0.2, 0.25) is 0 Å². The Morgan fingerprint density at radius 1 is 0.757 bits per heavy atom. The lowest BCUT2D eigenvalue weighted by Gasteiger charge is -2.26. The number of fused-ring (bicyclic) bond motifs is 1. The number of nitrogens with zero attached hydrogens (tertiary/aromatic N) is 1. The molecule has 1 aliphatic rings. The average Bonchev–Trinajstić information content (AvgIpc) is 2.91. The molecule has 1 saturated heterocycles. The fourth-order valence-electron chi connectivity index (χ4n) is 4.63. The van der Waals surface area contributed by atoms with Gasteiger partial charge in [-0.25, -0.2) is 8.78 Å². The molecule has 1 aliphatic heterocycles. The van der Waals surface area contributed by atoms with Crippen LogP contribution in [0.15, 0.2) is 72.8 Å². The van der Waals surface area contributed by atoms with E-state index in [4.69, 9.17) is 14.2 Å². The van der Waals surface area contributed by atoms with Crippen molar-refractivity contribution in [1.29, 1.82) is 0 Å². The molecule has 0 amide bonds. The quantitative estimate of drug-likeness (QED) is 0.234. The van der Waals surface area contributed by atoms with Gasteiger partial charge < -0.3 is 14.2 Å². The summed E-state index contributed by atoms with van der Waals surface area (Å²) in [5, 5.41) is 1.63. The first kappa shape index (κ1) is 26.7. The van der Waals surface area contributed by atoms with Gasteiger partial charge in [-0.1, -0.05) is 12.5 Å². The summed E-state index contributed by atoms with van der Waals surface area (Å²) in [7, 11) is 1.60. The molecule has 0 atom stereocenters. The molecule has 0 spiro atoms. The Labute approximate surface area is 222 Å². The van der Waals surface area contributed by atoms with Crippen LogP contribution in [0, 0.1) is 11.6 Å². The number of benzene rings is 4. The minimum atomic E-state index is -0.522. The van der Waals surface area contributed by atoms with Crippen LogP contribution in [0.5, 0.6) is 23.0 Å². The molecule has 7 heteroatoms. The molecule has 4 nitrogen and oxygen atoms in total. The first-order valence-corrected chi connectivity index (χ1v) is 12.3. The minimum Gasteiger partial charge on any atom is -0.497 e. The number of hydrogen-bond acceptors (Lipinski definition) is 4. The van der Waals surface area contributed by atoms with E-state index in [-0.39, 0.29) is 18.0 Å². The van der Waals surface area contributed by atoms with E-state index < -0.39 is 11.6 Å². The molecule has 194 valence electrons. The first-order chi connectivity index (χ1) is 17.6. The van der Waals surface area contributed by atoms with E-state index in [0.29, 0.717) is 29.4 Å². The van der Waals surface area contributed by atoms with Crippen LogP contribution >= 0.6 is 12.4 Å². The maximum atomic E-state index is 14.7. The Bertz CT molecular complexity index is 1340. The van der Waals surface area contributed by atoms with E-state index in [1.807, 2.05) is 48.5 Å². The largest absolute Gasteiger partial charge is 0.497 e. The highest BCUT2D eigenvalue weighted by Gasteiger charge is 2.17. The standard InChI is InChI=1S/C30H29F2NO3.ClH/c1-34-25-11-13-26-21(19-25)5-12-27(28-20-22(31)6-14-29(28)32)30(26)36-24-9-7-23(8-10-24)35-18-17-33-15-3-2-4-16-33;/h5-14,19-20H,2-4,15-18H2,1H3;1H. The summed E-state index contributed by atoms with van der Waals surface area (Å²) in [4.78, 5) is 2.43. The lowest BCUT2D eigenvalue weighted by Crippen LogP contribution is -2.33. The predicted molar refractivity (Wildman–Crippen MR) is 145 cm³/mol. The van der Waals surface area contributed by atoms with Crippen molar-refractivity contribution in [2.75, 3.05) is 33.4 Å². The number of likely N-dealkylation sites (tertiary alicyclic amines) is 1. The molecular weight excluding hydrogens is 496 g/mol. The molecule has 37 heavy (non-hydrogen) atoms. The van der Waals surface area contributed by atoms with Gasteiger partial charge in [0.2, 0.25) is 0 Å². The fraction of sp³-hybridized carbons (Fsp3) is 0.267. The number of hydrogen-bond donors (Lipinski definition) is 0. The van der Waals surface area contributed by atoms with Crippen molar-refractivity contribution in [2.45, 2.75) is 19.3 Å². The Hall–Kier alpha value is -3.35. The smallest absolute Gasteiger partial charge is 0.143 e. The van der Waals surface area contributed by atoms with E-state index in [0.717, 1.165) is 48.3 Å². The normalized spacial score (nSPS) is 13.7. The second-order valence-corrected chi connectivity index (χ2v) is 8.98. The van der Waals surface area contributed by atoms with Gasteiger partial charge in [-0.05, 0) is 98.0 Å². The zero-order chi connectivity index (χ0) is 24.9. The monoisotopic (exact) mass is 525 g/mol. The van der Waals surface area contributed by atoms with Crippen molar-refractivity contribution in [3.05, 3.63) is 84.4 Å². The van der Waals surface area contributed by atoms with Crippen LogP contribution in [-0.4, -0.2) is 38.3 Å². The van der Waals surface area contributed by atoms with Gasteiger partial charge in [0, 0.05) is 23.1 Å². The number of halogens is 3. The Morgan fingerprint density at radius 3 is 2.24 bits per heavy atom. The van der Waals surface area contributed by atoms with Gasteiger partial charge >= 0.3 is 0 Å². The van der Waals surface area contributed by atoms with Gasteiger partial charge in [-0.2, -0.15) is 0 Å². The Kier molecular flexibility index (Phi) is 8.85. The van der Waals surface area contributed by atoms with Crippen LogP contribution in [0.1, 0.15) is 19.3 Å². The molecule has 0 N–H and O–H groups in total. The van der Waals surface area contributed by atoms with E-state index in [9.17, 15) is 8.78 Å². The van der Waals surface area contributed by atoms with Crippen molar-refractivity contribution >= 4 is 23.2 Å². The highest BCUT2D eigenvalue weighted by Crippen LogP contribution is 2.41. The van der Waals surface area contributed by atoms with Crippen molar-refractivity contribution in [1.82, 2.24) is 4.90 Å². The molecule has 0 aliphatic carbocycles. The van der Waals surface area contributed by atoms with Gasteiger partial charge in [-0.3, -0.25) is 4.90 Å². The predicted octanol–water partition coefficient (Wildman–Crippen LogP) is 7.87. The van der Waals surface area contributed by atoms with Crippen LogP contribution in [-0.2, 0) is 0 Å². The number of ether oxygens (including phenoxy) is 3. The van der Waals surface area contributed by atoms with E-state index in [1.54, 1.807) is 13.2 Å². The van der Waals surface area contributed by atoms with Crippen molar-refractivity contribution < 1.29 is 23.0 Å². The van der Waals surface area contributed by atoms with Crippen LogP contribution < -0.4 is 14.2 Å². The van der Waals surface area contributed by atoms with Crippen LogP contribution in [0.4, 0.5) is 8.78 Å². The molecule has 0 saturated carbocycles. The van der Waals surface area contributed by atoms with E-state index in [1.165, 1.54) is 25.3 Å². The molecule has 0 bridgehead atoms. The van der Waals surface area contributed by atoms with E-state index in [2.05, 4.69) is 4.90 Å². The molecule has 5 rings (SSSR count). The average molecular weight is 526 g/mol. The molecule has 4 aromatic carbocycles. The highest BCUT2D eigenvalue weighted by molar-refractivity contribution is 5.96. The SMILES string of the molecule is COc1ccc2c(Oc3ccc(OCCN4CCCCC4)cc3)c(-c3cc(F)ccc3F)ccc2c1.Cl. The van der Waals surface area contributed by atoms with Crippen molar-refractivity contribution in [3.8, 4) is 34.1 Å². The molecule has 0 unspecified atom stereocenters. The van der Waals surface area contributed by atoms with Gasteiger partial charge in [0.25, 0.3) is 0 Å². The summed E-state index contributed by atoms with van der Waals surface area (Å²) in [6, 6.07) is 20.0. The molecule has 0 radical (unpaired) electrons. The number of methoxy groups -OCH3 is 1. The zero-order valence-electron chi connectivity index (χ0n) is 20.7. The van der Waals surface area contributed by atoms with Gasteiger partial charge in [-0.15, -0.1) is 12.4 Å². The summed E-state index contributed by atoms with van der Waals surface area (Å²) in [6.07, 6.45) is 3.83. The topological polar surface area (TPSA) is 30.9 Å². The molecule has 0 aromatic heterocycles. The van der Waals surface area contributed by atoms with Crippen LogP contribution in [0.3, 0.4) is 0 Å². The summed E-state index contributed by atoms with van der Waals surface area (Å²) in [5.41, 5.74) is 0.604. The summed E-state index contributed by atoms with van der Waals surface area (Å²) < 4.78 is 46.3. The summed E-state index contributed by atoms with van der Waals surface area (Å²) in [6.45, 7) is 3.83. The summed E-state index contributed by atoms with van der Waals surface area (Å²) in [5.74, 6) is 1.44. The minimum absolute atomic E-state index is 0. The van der Waals surface area contributed by atoms with Gasteiger partial charge in [0.15, 0.2) is 0 Å². The second-order valence-electron chi connectivity index (χ2n) is 8.98. The van der Waals surface area contributed by atoms with E-state index >= 15 is 0 Å². The Morgan fingerprint density at radius 2 is 1.49 bits per heavy atom. The third-order valence-electron chi connectivity index (χ3n) is 6.56. The fourth-order valence-corrected chi connectivity index (χ4v) is 4.63. The third-order valence-corrected chi connectivity index (χ3v) is 6.56. The molecule has 1 heterocycles. The first-order valence-electron chi connectivity index (χ1n) is 12.3. The van der Waals surface area contributed by atoms with Crippen molar-refractivity contribution in [3.63, 3.8) is 0 Å². The maximum Gasteiger partial charge on any atom is 0.143 e. The van der Waals surface area contributed by atoms with Gasteiger partial charge in [0.05, 0.1) is 7.11 Å². The third kappa shape index (κ3) is 6.32.